The lowest BCUT2D eigenvalue weighted by Crippen LogP contribution is -2.01. The van der Waals surface area contributed by atoms with Crippen molar-refractivity contribution in [3.63, 3.8) is 0 Å². The second-order valence-corrected chi connectivity index (χ2v) is 4.74. The van der Waals surface area contributed by atoms with E-state index < -0.39 is 0 Å². The molecule has 0 radical (unpaired) electrons. The Morgan fingerprint density at radius 1 is 1.09 bits per heavy atom. The summed E-state index contributed by atoms with van der Waals surface area (Å²) in [6.07, 6.45) is 1.52. The molecule has 118 valence electrons. The summed E-state index contributed by atoms with van der Waals surface area (Å²) in [7, 11) is 0. The molecule has 3 aromatic rings. The molecule has 1 N–H and O–H groups in total. The van der Waals surface area contributed by atoms with E-state index in [1.54, 1.807) is 42.5 Å². The zero-order chi connectivity index (χ0) is 16.8. The lowest BCUT2D eigenvalue weighted by atomic mass is 10.1. The van der Waals surface area contributed by atoms with Gasteiger partial charge in [0.15, 0.2) is 5.69 Å². The number of carbonyl (C=O) groups excluding carboxylic acids is 1. The van der Waals surface area contributed by atoms with Gasteiger partial charge in [-0.1, -0.05) is 55.5 Å². The summed E-state index contributed by atoms with van der Waals surface area (Å²) in [5.74, 6) is -0.113. The number of nitrogens with zero attached hydrogens (tertiary/aromatic N) is 3. The normalized spacial score (nSPS) is 9.87. The van der Waals surface area contributed by atoms with Crippen molar-refractivity contribution in [2.75, 3.05) is 0 Å². The minimum Gasteiger partial charge on any atom is -0.506 e. The predicted octanol–water partition coefficient (Wildman–Crippen LogP) is 3.54. The highest BCUT2D eigenvalue weighted by atomic mass is 16.3. The van der Waals surface area contributed by atoms with Gasteiger partial charge in [-0.15, -0.1) is 5.10 Å². The summed E-state index contributed by atoms with van der Waals surface area (Å²) in [5.41, 5.74) is 2.27. The molecule has 2 aromatic carbocycles. The quantitative estimate of drug-likeness (QED) is 0.751. The standard InChI is InChI=1S/C16H13N3O2.C2H6/c1-11-7-8-15(20)14(9-11)19-10-13(17-18-19)16(21)12-5-3-2-4-6-12;1-2/h2-10,20H,1H3;1-2H3. The Labute approximate surface area is 135 Å². The van der Waals surface area contributed by atoms with E-state index in [1.165, 1.54) is 10.9 Å². The summed E-state index contributed by atoms with van der Waals surface area (Å²) in [6, 6.07) is 14.1. The third-order valence-electron chi connectivity index (χ3n) is 3.14. The summed E-state index contributed by atoms with van der Waals surface area (Å²) in [6.45, 7) is 5.91. The van der Waals surface area contributed by atoms with Crippen LogP contribution >= 0.6 is 0 Å². The number of aryl methyl sites for hydroxylation is 1. The number of carbonyl (C=O) groups is 1. The Kier molecular flexibility index (Phi) is 5.25. The van der Waals surface area contributed by atoms with Crippen molar-refractivity contribution in [3.8, 4) is 11.4 Å². The van der Waals surface area contributed by atoms with Gasteiger partial charge in [0.1, 0.15) is 11.4 Å². The van der Waals surface area contributed by atoms with Crippen molar-refractivity contribution in [1.82, 2.24) is 15.0 Å². The van der Waals surface area contributed by atoms with Crippen LogP contribution in [0.5, 0.6) is 5.75 Å². The zero-order valence-electron chi connectivity index (χ0n) is 13.4. The first-order valence-electron chi connectivity index (χ1n) is 7.47. The van der Waals surface area contributed by atoms with E-state index in [4.69, 9.17) is 0 Å². The SMILES string of the molecule is CC.Cc1ccc(O)c(-n2cc(C(=O)c3ccccc3)nn2)c1. The highest BCUT2D eigenvalue weighted by Crippen LogP contribution is 2.22. The van der Waals surface area contributed by atoms with Crippen LogP contribution in [0, 0.1) is 6.92 Å². The molecule has 1 heterocycles. The molecule has 5 heteroatoms. The van der Waals surface area contributed by atoms with Crippen LogP contribution in [-0.2, 0) is 0 Å². The Morgan fingerprint density at radius 3 is 2.48 bits per heavy atom. The van der Waals surface area contributed by atoms with Gasteiger partial charge in [-0.3, -0.25) is 4.79 Å². The molecule has 0 atom stereocenters. The zero-order valence-corrected chi connectivity index (χ0v) is 13.4. The molecule has 0 aliphatic carbocycles. The van der Waals surface area contributed by atoms with Crippen LogP contribution < -0.4 is 0 Å². The van der Waals surface area contributed by atoms with Crippen molar-refractivity contribution in [2.24, 2.45) is 0 Å². The van der Waals surface area contributed by atoms with E-state index in [2.05, 4.69) is 10.3 Å². The van der Waals surface area contributed by atoms with Gasteiger partial charge in [0, 0.05) is 5.56 Å². The van der Waals surface area contributed by atoms with Crippen LogP contribution in [-0.4, -0.2) is 25.9 Å². The lowest BCUT2D eigenvalue weighted by Gasteiger charge is -2.04. The monoisotopic (exact) mass is 309 g/mol. The van der Waals surface area contributed by atoms with E-state index >= 15 is 0 Å². The Balaban J connectivity index is 0.000000924. The average molecular weight is 309 g/mol. The van der Waals surface area contributed by atoms with Crippen molar-refractivity contribution < 1.29 is 9.90 Å². The van der Waals surface area contributed by atoms with Crippen LogP contribution in [0.1, 0.15) is 35.5 Å². The molecular weight excluding hydrogens is 290 g/mol. The third kappa shape index (κ3) is 3.63. The van der Waals surface area contributed by atoms with E-state index in [0.29, 0.717) is 11.3 Å². The molecule has 0 aliphatic heterocycles. The summed E-state index contributed by atoms with van der Waals surface area (Å²) in [4.78, 5) is 12.3. The van der Waals surface area contributed by atoms with Gasteiger partial charge in [-0.25, -0.2) is 4.68 Å². The Bertz CT molecular complexity index is 795. The molecule has 23 heavy (non-hydrogen) atoms. The highest BCUT2D eigenvalue weighted by Gasteiger charge is 2.14. The molecule has 0 saturated carbocycles. The van der Waals surface area contributed by atoms with Crippen LogP contribution in [0.15, 0.2) is 54.7 Å². The number of aromatic hydroxyl groups is 1. The second kappa shape index (κ2) is 7.35. The lowest BCUT2D eigenvalue weighted by molar-refractivity contribution is 0.103. The first-order valence-corrected chi connectivity index (χ1v) is 7.47. The van der Waals surface area contributed by atoms with Gasteiger partial charge < -0.3 is 5.11 Å². The van der Waals surface area contributed by atoms with Gasteiger partial charge in [-0.05, 0) is 24.6 Å². The average Bonchev–Trinajstić information content (AvgIpc) is 3.09. The Hall–Kier alpha value is -2.95. The maximum Gasteiger partial charge on any atom is 0.214 e. The number of aromatic nitrogens is 3. The maximum atomic E-state index is 12.3. The minimum absolute atomic E-state index is 0.0872. The van der Waals surface area contributed by atoms with Gasteiger partial charge >= 0.3 is 0 Å². The fourth-order valence-corrected chi connectivity index (χ4v) is 2.04. The summed E-state index contributed by atoms with van der Waals surface area (Å²) < 4.78 is 1.40. The van der Waals surface area contributed by atoms with Crippen molar-refractivity contribution in [3.05, 3.63) is 71.5 Å². The molecule has 0 fully saturated rings. The third-order valence-corrected chi connectivity index (χ3v) is 3.14. The second-order valence-electron chi connectivity index (χ2n) is 4.74. The topological polar surface area (TPSA) is 68.0 Å². The van der Waals surface area contributed by atoms with E-state index in [-0.39, 0.29) is 17.2 Å². The first kappa shape index (κ1) is 16.4. The number of benzene rings is 2. The van der Waals surface area contributed by atoms with Crippen LogP contribution in [0.4, 0.5) is 0 Å². The van der Waals surface area contributed by atoms with Gasteiger partial charge in [-0.2, -0.15) is 0 Å². The molecule has 5 nitrogen and oxygen atoms in total. The number of hydrogen-bond donors (Lipinski definition) is 1. The van der Waals surface area contributed by atoms with Crippen LogP contribution in [0.25, 0.3) is 5.69 Å². The molecule has 0 unspecified atom stereocenters. The van der Waals surface area contributed by atoms with Crippen molar-refractivity contribution in [2.45, 2.75) is 20.8 Å². The molecule has 3 rings (SSSR count). The molecular formula is C18H19N3O2. The van der Waals surface area contributed by atoms with Gasteiger partial charge in [0.25, 0.3) is 0 Å². The smallest absolute Gasteiger partial charge is 0.214 e. The highest BCUT2D eigenvalue weighted by molar-refractivity contribution is 6.07. The van der Waals surface area contributed by atoms with Gasteiger partial charge in [0.2, 0.25) is 5.78 Å². The van der Waals surface area contributed by atoms with E-state index in [9.17, 15) is 9.90 Å². The molecule has 0 amide bonds. The van der Waals surface area contributed by atoms with E-state index in [0.717, 1.165) is 5.56 Å². The molecule has 0 spiro atoms. The number of hydrogen-bond acceptors (Lipinski definition) is 4. The number of phenolic OH excluding ortho intramolecular Hbond substituents is 1. The Morgan fingerprint density at radius 2 is 1.78 bits per heavy atom. The number of rotatable bonds is 3. The van der Waals surface area contributed by atoms with Crippen molar-refractivity contribution >= 4 is 5.78 Å². The maximum absolute atomic E-state index is 12.3. The predicted molar refractivity (Wildman–Crippen MR) is 89.0 cm³/mol. The minimum atomic E-state index is -0.200. The molecule has 0 saturated heterocycles. The van der Waals surface area contributed by atoms with Crippen LogP contribution in [0.3, 0.4) is 0 Å². The van der Waals surface area contributed by atoms with Crippen LogP contribution in [0.2, 0.25) is 0 Å². The number of ketones is 1. The molecule has 0 aliphatic rings. The molecule has 0 bridgehead atoms. The first-order chi connectivity index (χ1) is 11.1. The fourth-order valence-electron chi connectivity index (χ4n) is 2.04. The number of phenols is 1. The summed E-state index contributed by atoms with van der Waals surface area (Å²) >= 11 is 0. The summed E-state index contributed by atoms with van der Waals surface area (Å²) in [5, 5.41) is 17.7. The largest absolute Gasteiger partial charge is 0.506 e. The van der Waals surface area contributed by atoms with Crippen molar-refractivity contribution in [1.29, 1.82) is 0 Å². The van der Waals surface area contributed by atoms with Gasteiger partial charge in [0.05, 0.1) is 6.20 Å². The molecule has 1 aromatic heterocycles. The van der Waals surface area contributed by atoms with E-state index in [1.807, 2.05) is 26.8 Å². The fraction of sp³-hybridized carbons (Fsp3) is 0.167.